The summed E-state index contributed by atoms with van der Waals surface area (Å²) in [6.45, 7) is 3.90. The van der Waals surface area contributed by atoms with Gasteiger partial charge in [0.05, 0.1) is 10.6 Å². The summed E-state index contributed by atoms with van der Waals surface area (Å²) in [6, 6.07) is 4.52. The lowest BCUT2D eigenvalue weighted by molar-refractivity contribution is 0.631. The van der Waals surface area contributed by atoms with Crippen LogP contribution in [0.15, 0.2) is 24.5 Å². The summed E-state index contributed by atoms with van der Waals surface area (Å²) < 4.78 is 15.8. The highest BCUT2D eigenvalue weighted by molar-refractivity contribution is 6.36. The maximum absolute atomic E-state index is 14.3. The topological polar surface area (TPSA) is 55.1 Å². The molecule has 3 rings (SSSR count). The quantitative estimate of drug-likeness (QED) is 0.731. The van der Waals surface area contributed by atoms with Gasteiger partial charge in [-0.25, -0.2) is 4.39 Å². The van der Waals surface area contributed by atoms with E-state index >= 15 is 0 Å². The Morgan fingerprint density at radius 2 is 2.00 bits per heavy atom. The molecule has 3 aromatic rings. The highest BCUT2D eigenvalue weighted by Gasteiger charge is 2.22. The molecule has 0 atom stereocenters. The third-order valence-electron chi connectivity index (χ3n) is 3.02. The second-order valence-electron chi connectivity index (χ2n) is 4.99. The number of nitrogens with one attached hydrogen (secondary N) is 1. The molecule has 0 fully saturated rings. The number of benzene rings is 1. The molecular weight excluding hydrogens is 328 g/mol. The monoisotopic (exact) mass is 339 g/mol. The number of hydrogen-bond donors (Lipinski definition) is 1. The fourth-order valence-electron chi connectivity index (χ4n) is 2.18. The normalized spacial score (nSPS) is 11.4. The minimum atomic E-state index is -0.484. The molecule has 0 bridgehead atoms. The van der Waals surface area contributed by atoms with Gasteiger partial charge < -0.3 is 5.32 Å². The maximum atomic E-state index is 14.3. The standard InChI is InChI=1S/C14H12Cl2FN5/c1-7(2)20-13-11(10-8(15)4-3-5-9(10)17)12(16)21-14-18-6-19-22(13)14/h3-7,20H,1-2H3. The van der Waals surface area contributed by atoms with Crippen LogP contribution >= 0.6 is 23.2 Å². The van der Waals surface area contributed by atoms with E-state index in [9.17, 15) is 4.39 Å². The summed E-state index contributed by atoms with van der Waals surface area (Å²) in [6.07, 6.45) is 1.36. The lowest BCUT2D eigenvalue weighted by atomic mass is 10.1. The number of anilines is 1. The van der Waals surface area contributed by atoms with Crippen LogP contribution in [0.3, 0.4) is 0 Å². The Kier molecular flexibility index (Phi) is 3.88. The van der Waals surface area contributed by atoms with Crippen molar-refractivity contribution in [1.82, 2.24) is 19.6 Å². The molecule has 0 aliphatic heterocycles. The van der Waals surface area contributed by atoms with Crippen LogP contribution < -0.4 is 5.32 Å². The van der Waals surface area contributed by atoms with Crippen LogP contribution in [0.2, 0.25) is 10.2 Å². The lowest BCUT2D eigenvalue weighted by Crippen LogP contribution is -2.15. The van der Waals surface area contributed by atoms with E-state index in [4.69, 9.17) is 23.2 Å². The smallest absolute Gasteiger partial charge is 0.255 e. The Morgan fingerprint density at radius 1 is 1.23 bits per heavy atom. The molecule has 0 unspecified atom stereocenters. The molecule has 22 heavy (non-hydrogen) atoms. The molecule has 2 aromatic heterocycles. The van der Waals surface area contributed by atoms with Gasteiger partial charge >= 0.3 is 0 Å². The van der Waals surface area contributed by atoms with Gasteiger partial charge in [0, 0.05) is 11.6 Å². The molecule has 5 nitrogen and oxygen atoms in total. The van der Waals surface area contributed by atoms with Crippen molar-refractivity contribution in [1.29, 1.82) is 0 Å². The third-order valence-corrected chi connectivity index (χ3v) is 3.61. The van der Waals surface area contributed by atoms with Crippen molar-refractivity contribution in [2.75, 3.05) is 5.32 Å². The van der Waals surface area contributed by atoms with Crippen LogP contribution in [0.5, 0.6) is 0 Å². The molecule has 114 valence electrons. The second-order valence-corrected chi connectivity index (χ2v) is 5.76. The van der Waals surface area contributed by atoms with E-state index in [1.54, 1.807) is 6.07 Å². The van der Waals surface area contributed by atoms with Gasteiger partial charge in [-0.2, -0.15) is 19.6 Å². The van der Waals surface area contributed by atoms with Crippen LogP contribution in [0, 0.1) is 5.82 Å². The van der Waals surface area contributed by atoms with Crippen molar-refractivity contribution >= 4 is 34.8 Å². The largest absolute Gasteiger partial charge is 0.367 e. The van der Waals surface area contributed by atoms with E-state index < -0.39 is 5.82 Å². The van der Waals surface area contributed by atoms with E-state index in [1.807, 2.05) is 13.8 Å². The summed E-state index contributed by atoms with van der Waals surface area (Å²) >= 11 is 12.4. The Balaban J connectivity index is 2.39. The highest BCUT2D eigenvalue weighted by atomic mass is 35.5. The van der Waals surface area contributed by atoms with Gasteiger partial charge in [0.2, 0.25) is 0 Å². The average Bonchev–Trinajstić information content (AvgIpc) is 2.88. The van der Waals surface area contributed by atoms with Crippen LogP contribution in [-0.4, -0.2) is 25.6 Å². The SMILES string of the molecule is CC(C)Nc1c(-c2c(F)cccc2Cl)c(Cl)nc2ncnn12. The van der Waals surface area contributed by atoms with Crippen molar-refractivity contribution in [2.24, 2.45) is 0 Å². The van der Waals surface area contributed by atoms with Crippen molar-refractivity contribution in [2.45, 2.75) is 19.9 Å². The molecule has 0 saturated heterocycles. The summed E-state index contributed by atoms with van der Waals surface area (Å²) in [7, 11) is 0. The predicted molar refractivity (Wildman–Crippen MR) is 85.0 cm³/mol. The number of nitrogens with zero attached hydrogens (tertiary/aromatic N) is 4. The molecule has 1 N–H and O–H groups in total. The Bertz CT molecular complexity index is 826. The van der Waals surface area contributed by atoms with E-state index in [-0.39, 0.29) is 21.8 Å². The van der Waals surface area contributed by atoms with Crippen LogP contribution in [-0.2, 0) is 0 Å². The summed E-state index contributed by atoms with van der Waals surface area (Å²) in [5, 5.41) is 7.67. The summed E-state index contributed by atoms with van der Waals surface area (Å²) in [5.41, 5.74) is 0.540. The zero-order valence-electron chi connectivity index (χ0n) is 11.8. The minimum Gasteiger partial charge on any atom is -0.367 e. The molecule has 0 spiro atoms. The lowest BCUT2D eigenvalue weighted by Gasteiger charge is -2.17. The first-order valence-corrected chi connectivity index (χ1v) is 7.34. The highest BCUT2D eigenvalue weighted by Crippen LogP contribution is 2.39. The van der Waals surface area contributed by atoms with Gasteiger partial charge in [0.15, 0.2) is 0 Å². The number of hydrogen-bond acceptors (Lipinski definition) is 4. The molecule has 0 aliphatic carbocycles. The average molecular weight is 340 g/mol. The first kappa shape index (κ1) is 15.0. The molecule has 0 amide bonds. The van der Waals surface area contributed by atoms with Crippen molar-refractivity contribution in [3.05, 3.63) is 40.5 Å². The van der Waals surface area contributed by atoms with E-state index in [0.29, 0.717) is 17.2 Å². The summed E-state index contributed by atoms with van der Waals surface area (Å²) in [5.74, 6) is 0.335. The number of rotatable bonds is 3. The van der Waals surface area contributed by atoms with Gasteiger partial charge in [-0.05, 0) is 26.0 Å². The first-order valence-electron chi connectivity index (χ1n) is 6.59. The minimum absolute atomic E-state index is 0.0650. The zero-order chi connectivity index (χ0) is 15.9. The van der Waals surface area contributed by atoms with E-state index in [0.717, 1.165) is 0 Å². The van der Waals surface area contributed by atoms with Crippen molar-refractivity contribution in [3.8, 4) is 11.1 Å². The van der Waals surface area contributed by atoms with Gasteiger partial charge in [0.25, 0.3) is 5.78 Å². The van der Waals surface area contributed by atoms with Crippen LogP contribution in [0.1, 0.15) is 13.8 Å². The fourth-order valence-corrected chi connectivity index (χ4v) is 2.70. The van der Waals surface area contributed by atoms with Gasteiger partial charge in [-0.1, -0.05) is 29.3 Å². The summed E-state index contributed by atoms with van der Waals surface area (Å²) in [4.78, 5) is 8.17. The molecule has 0 saturated carbocycles. The number of fused-ring (bicyclic) bond motifs is 1. The Morgan fingerprint density at radius 3 is 2.68 bits per heavy atom. The zero-order valence-corrected chi connectivity index (χ0v) is 13.3. The molecule has 8 heteroatoms. The van der Waals surface area contributed by atoms with Crippen molar-refractivity contribution in [3.63, 3.8) is 0 Å². The molecule has 1 aromatic carbocycles. The van der Waals surface area contributed by atoms with Crippen LogP contribution in [0.4, 0.5) is 10.2 Å². The number of aromatic nitrogens is 4. The Hall–Kier alpha value is -1.92. The number of halogens is 3. The predicted octanol–water partition coefficient (Wildman–Crippen LogP) is 4.06. The Labute approximate surface area is 136 Å². The van der Waals surface area contributed by atoms with Gasteiger partial charge in [-0.15, -0.1) is 0 Å². The van der Waals surface area contributed by atoms with Gasteiger partial charge in [-0.3, -0.25) is 0 Å². The first-order chi connectivity index (χ1) is 10.5. The van der Waals surface area contributed by atoms with Crippen molar-refractivity contribution < 1.29 is 4.39 Å². The molecular formula is C14H12Cl2FN5. The van der Waals surface area contributed by atoms with Crippen LogP contribution in [0.25, 0.3) is 16.9 Å². The molecule has 2 heterocycles. The molecule has 0 aliphatic rings. The maximum Gasteiger partial charge on any atom is 0.255 e. The van der Waals surface area contributed by atoms with E-state index in [2.05, 4.69) is 20.4 Å². The van der Waals surface area contributed by atoms with Gasteiger partial charge in [0.1, 0.15) is 23.1 Å². The second kappa shape index (κ2) is 5.70. The van der Waals surface area contributed by atoms with E-state index in [1.165, 1.54) is 23.0 Å². The third kappa shape index (κ3) is 2.48. The fraction of sp³-hybridized carbons (Fsp3) is 0.214. The molecule has 0 radical (unpaired) electrons.